The van der Waals surface area contributed by atoms with E-state index in [-0.39, 0.29) is 11.9 Å². The number of hydrogen-bond acceptors (Lipinski definition) is 4. The molecule has 1 aliphatic rings. The zero-order chi connectivity index (χ0) is 19.5. The minimum Gasteiger partial charge on any atom is -0.489 e. The summed E-state index contributed by atoms with van der Waals surface area (Å²) in [5.41, 5.74) is 2.40. The molecule has 0 bridgehead atoms. The van der Waals surface area contributed by atoms with Crippen LogP contribution in [0.2, 0.25) is 5.02 Å². The molecule has 3 aromatic rings. The van der Waals surface area contributed by atoms with Gasteiger partial charge in [0.05, 0.1) is 11.7 Å². The van der Waals surface area contributed by atoms with Crippen molar-refractivity contribution in [3.05, 3.63) is 82.2 Å². The second kappa shape index (κ2) is 8.07. The molecule has 0 aliphatic carbocycles. The monoisotopic (exact) mass is 396 g/mol. The van der Waals surface area contributed by atoms with E-state index in [1.807, 2.05) is 60.4 Å². The zero-order valence-electron chi connectivity index (χ0n) is 15.6. The number of carbonyl (C=O) groups excluding carboxylic acids is 1. The smallest absolute Gasteiger partial charge is 0.254 e. The van der Waals surface area contributed by atoms with Gasteiger partial charge in [0.1, 0.15) is 12.4 Å². The number of ether oxygens (including phenoxy) is 1. The third-order valence-corrected chi connectivity index (χ3v) is 5.10. The highest BCUT2D eigenvalue weighted by atomic mass is 35.5. The maximum Gasteiger partial charge on any atom is 0.254 e. The summed E-state index contributed by atoms with van der Waals surface area (Å²) >= 11 is 6.01. The number of benzene rings is 2. The standard InChI is InChI=1S/C22H21ClN2O3/c1-15-11-21(28-24-15)20-9-4-10-25(20)22(26)17-6-3-8-19(13-17)27-14-16-5-2-7-18(23)12-16/h2-3,5-8,11-13,20H,4,9-10,14H2,1H3. The maximum atomic E-state index is 13.1. The number of hydrogen-bond donors (Lipinski definition) is 0. The molecule has 0 radical (unpaired) electrons. The normalized spacial score (nSPS) is 16.4. The Morgan fingerprint density at radius 3 is 2.89 bits per heavy atom. The molecule has 0 saturated carbocycles. The van der Waals surface area contributed by atoms with E-state index >= 15 is 0 Å². The number of amides is 1. The Labute approximate surface area is 168 Å². The van der Waals surface area contributed by atoms with E-state index in [4.69, 9.17) is 20.9 Å². The Balaban J connectivity index is 1.48. The average molecular weight is 397 g/mol. The van der Waals surface area contributed by atoms with E-state index in [2.05, 4.69) is 5.16 Å². The molecule has 1 unspecified atom stereocenters. The van der Waals surface area contributed by atoms with Gasteiger partial charge >= 0.3 is 0 Å². The summed E-state index contributed by atoms with van der Waals surface area (Å²) in [5, 5.41) is 4.63. The van der Waals surface area contributed by atoms with Crippen LogP contribution in [0.15, 0.2) is 59.1 Å². The van der Waals surface area contributed by atoms with Gasteiger partial charge in [0.15, 0.2) is 5.76 Å². The van der Waals surface area contributed by atoms with E-state index in [1.165, 1.54) is 0 Å². The number of rotatable bonds is 5. The first kappa shape index (κ1) is 18.6. The van der Waals surface area contributed by atoms with Crippen LogP contribution in [0.5, 0.6) is 5.75 Å². The second-order valence-electron chi connectivity index (χ2n) is 6.97. The summed E-state index contributed by atoms with van der Waals surface area (Å²) in [6, 6.07) is 16.7. The largest absolute Gasteiger partial charge is 0.489 e. The quantitative estimate of drug-likeness (QED) is 0.595. The Morgan fingerprint density at radius 1 is 1.25 bits per heavy atom. The number of likely N-dealkylation sites (tertiary alicyclic amines) is 1. The zero-order valence-corrected chi connectivity index (χ0v) is 16.4. The van der Waals surface area contributed by atoms with Crippen molar-refractivity contribution in [1.82, 2.24) is 10.1 Å². The van der Waals surface area contributed by atoms with Crippen molar-refractivity contribution in [3.63, 3.8) is 0 Å². The Hall–Kier alpha value is -2.79. The third kappa shape index (κ3) is 4.04. The van der Waals surface area contributed by atoms with Gasteiger partial charge in [0, 0.05) is 23.2 Å². The van der Waals surface area contributed by atoms with Gasteiger partial charge < -0.3 is 14.2 Å². The minimum absolute atomic E-state index is 0.0234. The highest BCUT2D eigenvalue weighted by Crippen LogP contribution is 2.33. The Bertz CT molecular complexity index is 985. The van der Waals surface area contributed by atoms with Crippen LogP contribution in [0.4, 0.5) is 0 Å². The van der Waals surface area contributed by atoms with Gasteiger partial charge in [-0.25, -0.2) is 0 Å². The summed E-state index contributed by atoms with van der Waals surface area (Å²) in [4.78, 5) is 15.0. The molecular formula is C22H21ClN2O3. The van der Waals surface area contributed by atoms with E-state index in [0.29, 0.717) is 29.5 Å². The lowest BCUT2D eigenvalue weighted by Crippen LogP contribution is -2.30. The van der Waals surface area contributed by atoms with E-state index in [9.17, 15) is 4.79 Å². The third-order valence-electron chi connectivity index (χ3n) is 4.86. The van der Waals surface area contributed by atoms with Crippen molar-refractivity contribution in [3.8, 4) is 5.75 Å². The molecule has 1 aromatic heterocycles. The van der Waals surface area contributed by atoms with Crippen LogP contribution >= 0.6 is 11.6 Å². The van der Waals surface area contributed by atoms with Crippen molar-refractivity contribution in [2.24, 2.45) is 0 Å². The number of halogens is 1. The molecule has 144 valence electrons. The number of aromatic nitrogens is 1. The van der Waals surface area contributed by atoms with Crippen LogP contribution in [0.3, 0.4) is 0 Å². The van der Waals surface area contributed by atoms with Crippen LogP contribution in [0, 0.1) is 6.92 Å². The number of nitrogens with zero attached hydrogens (tertiary/aromatic N) is 2. The van der Waals surface area contributed by atoms with Crippen molar-refractivity contribution in [1.29, 1.82) is 0 Å². The molecule has 1 aliphatic heterocycles. The van der Waals surface area contributed by atoms with Crippen LogP contribution in [-0.4, -0.2) is 22.5 Å². The number of aryl methyl sites for hydroxylation is 1. The fraction of sp³-hybridized carbons (Fsp3) is 0.273. The second-order valence-corrected chi connectivity index (χ2v) is 7.41. The van der Waals surface area contributed by atoms with Crippen LogP contribution in [-0.2, 0) is 6.61 Å². The SMILES string of the molecule is Cc1cc(C2CCCN2C(=O)c2cccc(OCc3cccc(Cl)c3)c2)on1. The lowest BCUT2D eigenvalue weighted by molar-refractivity contribution is 0.0714. The Kier molecular flexibility index (Phi) is 5.35. The van der Waals surface area contributed by atoms with Crippen molar-refractivity contribution < 1.29 is 14.1 Å². The first-order valence-electron chi connectivity index (χ1n) is 9.31. The van der Waals surface area contributed by atoms with Gasteiger partial charge in [-0.3, -0.25) is 4.79 Å². The van der Waals surface area contributed by atoms with Crippen LogP contribution < -0.4 is 4.74 Å². The highest BCUT2D eigenvalue weighted by molar-refractivity contribution is 6.30. The molecule has 1 fully saturated rings. The fourth-order valence-corrected chi connectivity index (χ4v) is 3.74. The van der Waals surface area contributed by atoms with Gasteiger partial charge in [-0.2, -0.15) is 0 Å². The predicted molar refractivity (Wildman–Crippen MR) is 106 cm³/mol. The molecule has 1 saturated heterocycles. The summed E-state index contributed by atoms with van der Waals surface area (Å²) < 4.78 is 11.3. The molecular weight excluding hydrogens is 376 g/mol. The topological polar surface area (TPSA) is 55.6 Å². The highest BCUT2D eigenvalue weighted by Gasteiger charge is 2.33. The number of carbonyl (C=O) groups is 1. The average Bonchev–Trinajstić information content (AvgIpc) is 3.35. The molecule has 0 spiro atoms. The molecule has 5 nitrogen and oxygen atoms in total. The Morgan fingerprint density at radius 2 is 2.11 bits per heavy atom. The molecule has 1 amide bonds. The first-order valence-corrected chi connectivity index (χ1v) is 9.69. The molecule has 1 atom stereocenters. The van der Waals surface area contributed by atoms with Gasteiger partial charge in [-0.15, -0.1) is 0 Å². The maximum absolute atomic E-state index is 13.1. The van der Waals surface area contributed by atoms with Gasteiger partial charge in [0.2, 0.25) is 0 Å². The van der Waals surface area contributed by atoms with Crippen LogP contribution in [0.25, 0.3) is 0 Å². The molecule has 28 heavy (non-hydrogen) atoms. The molecule has 2 aromatic carbocycles. The van der Waals surface area contributed by atoms with E-state index < -0.39 is 0 Å². The summed E-state index contributed by atoms with van der Waals surface area (Å²) in [5.74, 6) is 1.37. The van der Waals surface area contributed by atoms with Crippen molar-refractivity contribution in [2.75, 3.05) is 6.54 Å². The van der Waals surface area contributed by atoms with Gasteiger partial charge in [-0.1, -0.05) is 35.0 Å². The fourth-order valence-electron chi connectivity index (χ4n) is 3.52. The van der Waals surface area contributed by atoms with Gasteiger partial charge in [-0.05, 0) is 55.7 Å². The van der Waals surface area contributed by atoms with Crippen LogP contribution in [0.1, 0.15) is 46.3 Å². The summed E-state index contributed by atoms with van der Waals surface area (Å²) in [7, 11) is 0. The minimum atomic E-state index is -0.0651. The summed E-state index contributed by atoms with van der Waals surface area (Å²) in [6.07, 6.45) is 1.83. The molecule has 6 heteroatoms. The van der Waals surface area contributed by atoms with E-state index in [0.717, 1.165) is 29.9 Å². The lowest BCUT2D eigenvalue weighted by Gasteiger charge is -2.23. The molecule has 4 rings (SSSR count). The van der Waals surface area contributed by atoms with Crippen molar-refractivity contribution >= 4 is 17.5 Å². The molecule has 0 N–H and O–H groups in total. The molecule has 2 heterocycles. The first-order chi connectivity index (χ1) is 13.6. The van der Waals surface area contributed by atoms with E-state index in [1.54, 1.807) is 6.07 Å². The van der Waals surface area contributed by atoms with Crippen molar-refractivity contribution in [2.45, 2.75) is 32.4 Å². The van der Waals surface area contributed by atoms with Gasteiger partial charge in [0.25, 0.3) is 5.91 Å². The summed E-state index contributed by atoms with van der Waals surface area (Å²) in [6.45, 7) is 2.98. The predicted octanol–water partition coefficient (Wildman–Crippen LogP) is 5.19. The lowest BCUT2D eigenvalue weighted by atomic mass is 10.1.